The molecule has 0 amide bonds. The lowest BCUT2D eigenvalue weighted by molar-refractivity contribution is 1.78. The first-order chi connectivity index (χ1) is 9.43. The Hall–Kier alpha value is -2.12. The van der Waals surface area contributed by atoms with E-state index >= 15 is 0 Å². The van der Waals surface area contributed by atoms with Crippen LogP contribution in [0.4, 0.5) is 0 Å². The average molecular weight is 262 g/mol. The van der Waals surface area contributed by atoms with Crippen molar-refractivity contribution in [1.29, 1.82) is 0 Å². The number of hydrogen-bond donors (Lipinski definition) is 0. The van der Waals surface area contributed by atoms with Crippen LogP contribution in [-0.4, -0.2) is 0 Å². The van der Waals surface area contributed by atoms with Gasteiger partial charge in [0.25, 0.3) is 0 Å². The maximum absolute atomic E-state index is 2.20. The molecule has 92 valence electrons. The Balaban J connectivity index is 2.14. The third-order valence-corrected chi connectivity index (χ3v) is 4.13. The summed E-state index contributed by atoms with van der Waals surface area (Å²) in [4.78, 5) is 0. The molecule has 19 heavy (non-hydrogen) atoms. The molecule has 0 aromatic carbocycles. The normalized spacial score (nSPS) is 17.1. The van der Waals surface area contributed by atoms with E-state index in [0.717, 1.165) is 0 Å². The maximum atomic E-state index is 2.20. The van der Waals surface area contributed by atoms with E-state index in [1.54, 1.807) is 0 Å². The molecule has 0 unspecified atom stereocenters. The molecule has 1 heterocycles. The topological polar surface area (TPSA) is 0 Å². The molecular weight excluding hydrogens is 248 g/mol. The lowest BCUT2D eigenvalue weighted by Crippen LogP contribution is -1.98. The molecule has 0 aliphatic heterocycles. The van der Waals surface area contributed by atoms with Gasteiger partial charge in [0, 0.05) is 9.06 Å². The molecule has 1 aromatic heterocycles. The van der Waals surface area contributed by atoms with Gasteiger partial charge in [-0.05, 0) is 23.3 Å². The smallest absolute Gasteiger partial charge is 0.0349 e. The van der Waals surface area contributed by atoms with Gasteiger partial charge in [0.05, 0.1) is 0 Å². The largest absolute Gasteiger partial charge is 0.135 e. The fourth-order valence-corrected chi connectivity index (χ4v) is 3.00. The summed E-state index contributed by atoms with van der Waals surface area (Å²) in [6.07, 6.45) is 25.1. The molecule has 1 heteroatoms. The van der Waals surface area contributed by atoms with Crippen molar-refractivity contribution in [2.45, 2.75) is 0 Å². The third kappa shape index (κ3) is 2.83. The van der Waals surface area contributed by atoms with Crippen LogP contribution >= 0.6 is 11.3 Å². The van der Waals surface area contributed by atoms with Gasteiger partial charge in [-0.15, -0.1) is 11.3 Å². The number of thiophene rings is 1. The Morgan fingerprint density at radius 2 is 0.842 bits per heavy atom. The summed E-state index contributed by atoms with van der Waals surface area (Å²) in [5.41, 5.74) is 2.53. The van der Waals surface area contributed by atoms with Gasteiger partial charge in [-0.25, -0.2) is 0 Å². The Kier molecular flexibility index (Phi) is 3.57. The number of rotatable bonds is 0. The van der Waals surface area contributed by atoms with E-state index in [4.69, 9.17) is 0 Å². The molecule has 2 aliphatic carbocycles. The van der Waals surface area contributed by atoms with Gasteiger partial charge in [0.2, 0.25) is 0 Å². The zero-order valence-electron chi connectivity index (χ0n) is 10.5. The van der Waals surface area contributed by atoms with E-state index in [1.165, 1.54) is 20.2 Å². The average Bonchev–Trinajstić information content (AvgIpc) is 2.67. The van der Waals surface area contributed by atoms with Crippen molar-refractivity contribution >= 4 is 22.5 Å². The summed E-state index contributed by atoms with van der Waals surface area (Å²) in [6, 6.07) is 4.39. The minimum absolute atomic E-state index is 1.27. The first-order valence-electron chi connectivity index (χ1n) is 6.31. The molecule has 0 atom stereocenters. The van der Waals surface area contributed by atoms with Crippen molar-refractivity contribution < 1.29 is 0 Å². The molecule has 0 radical (unpaired) electrons. The highest BCUT2D eigenvalue weighted by Crippen LogP contribution is 2.06. The van der Waals surface area contributed by atoms with E-state index in [-0.39, 0.29) is 0 Å². The summed E-state index contributed by atoms with van der Waals surface area (Å²) in [6.45, 7) is 0. The quantitative estimate of drug-likeness (QED) is 0.672. The van der Waals surface area contributed by atoms with Crippen LogP contribution in [0.5, 0.6) is 0 Å². The van der Waals surface area contributed by atoms with Crippen molar-refractivity contribution in [1.82, 2.24) is 0 Å². The van der Waals surface area contributed by atoms with Crippen molar-refractivity contribution in [2.75, 3.05) is 0 Å². The third-order valence-electron chi connectivity index (χ3n) is 2.94. The fraction of sp³-hybridized carbons (Fsp3) is 0. The first-order valence-corrected chi connectivity index (χ1v) is 7.12. The van der Waals surface area contributed by atoms with Crippen LogP contribution in [0.2, 0.25) is 0 Å². The molecule has 0 saturated carbocycles. The Labute approximate surface area is 117 Å². The van der Waals surface area contributed by atoms with Crippen LogP contribution in [-0.2, 0) is 0 Å². The highest BCUT2D eigenvalue weighted by atomic mass is 32.1. The molecule has 0 N–H and O–H groups in total. The molecule has 3 rings (SSSR count). The van der Waals surface area contributed by atoms with Crippen LogP contribution in [0.25, 0.3) is 11.1 Å². The Bertz CT molecular complexity index is 658. The van der Waals surface area contributed by atoms with Crippen molar-refractivity contribution in [3.05, 3.63) is 94.1 Å². The second kappa shape index (κ2) is 5.68. The maximum Gasteiger partial charge on any atom is 0.0349 e. The molecule has 0 saturated heterocycles. The fourth-order valence-electron chi connectivity index (χ4n) is 1.98. The van der Waals surface area contributed by atoms with Crippen LogP contribution in [0.15, 0.2) is 85.0 Å². The van der Waals surface area contributed by atoms with Crippen molar-refractivity contribution in [2.24, 2.45) is 0 Å². The van der Waals surface area contributed by atoms with Crippen LogP contribution in [0.1, 0.15) is 0 Å². The lowest BCUT2D eigenvalue weighted by Gasteiger charge is -1.89. The summed E-state index contributed by atoms with van der Waals surface area (Å²) in [5, 5.41) is 0. The highest BCUT2D eigenvalue weighted by Gasteiger charge is 1.96. The summed E-state index contributed by atoms with van der Waals surface area (Å²) < 4.78 is 2.61. The van der Waals surface area contributed by atoms with E-state index in [2.05, 4.69) is 85.0 Å². The van der Waals surface area contributed by atoms with Crippen LogP contribution < -0.4 is 9.06 Å². The summed E-state index contributed by atoms with van der Waals surface area (Å²) >= 11 is 1.83. The second-order valence-electron chi connectivity index (χ2n) is 4.28. The van der Waals surface area contributed by atoms with E-state index in [9.17, 15) is 0 Å². The Morgan fingerprint density at radius 1 is 0.474 bits per heavy atom. The Morgan fingerprint density at radius 3 is 1.21 bits per heavy atom. The molecule has 0 spiro atoms. The minimum atomic E-state index is 1.27. The van der Waals surface area contributed by atoms with Crippen LogP contribution in [0, 0.1) is 0 Å². The molecule has 0 nitrogen and oxygen atoms in total. The standard InChI is InChI=1S/C18H14S/c1-2-6-10-15(9-5-1)17-13-14-18(19-17)16-11-7-3-4-8-12-16/h1-14H. The van der Waals surface area contributed by atoms with E-state index in [0.29, 0.717) is 0 Å². The van der Waals surface area contributed by atoms with Gasteiger partial charge in [-0.2, -0.15) is 0 Å². The number of allylic oxidation sites excluding steroid dienone is 12. The molecule has 0 bridgehead atoms. The minimum Gasteiger partial charge on any atom is -0.135 e. The van der Waals surface area contributed by atoms with Crippen molar-refractivity contribution in [3.63, 3.8) is 0 Å². The van der Waals surface area contributed by atoms with Gasteiger partial charge in [-0.1, -0.05) is 72.9 Å². The highest BCUT2D eigenvalue weighted by molar-refractivity contribution is 7.08. The first kappa shape index (κ1) is 11.9. The lowest BCUT2D eigenvalue weighted by atomic mass is 10.2. The molecular formula is C18H14S. The molecule has 1 aromatic rings. The van der Waals surface area contributed by atoms with Gasteiger partial charge in [0.15, 0.2) is 0 Å². The zero-order chi connectivity index (χ0) is 12.9. The predicted molar refractivity (Wildman–Crippen MR) is 85.2 cm³/mol. The van der Waals surface area contributed by atoms with E-state index in [1.807, 2.05) is 11.3 Å². The van der Waals surface area contributed by atoms with Gasteiger partial charge >= 0.3 is 0 Å². The number of hydrogen-bond acceptors (Lipinski definition) is 1. The predicted octanol–water partition coefficient (Wildman–Crippen LogP) is 3.41. The van der Waals surface area contributed by atoms with Gasteiger partial charge in [-0.3, -0.25) is 0 Å². The monoisotopic (exact) mass is 262 g/mol. The molecule has 0 fully saturated rings. The summed E-state index contributed by atoms with van der Waals surface area (Å²) in [7, 11) is 0. The SMILES string of the molecule is C1=CC=CC(=c2ccc(=C3C=CC=CC=C3)s2)C=C1. The summed E-state index contributed by atoms with van der Waals surface area (Å²) in [5.74, 6) is 0. The van der Waals surface area contributed by atoms with Crippen LogP contribution in [0.3, 0.4) is 0 Å². The van der Waals surface area contributed by atoms with Gasteiger partial charge in [0.1, 0.15) is 0 Å². The van der Waals surface area contributed by atoms with Crippen molar-refractivity contribution in [3.8, 4) is 0 Å². The second-order valence-corrected chi connectivity index (χ2v) is 5.36. The van der Waals surface area contributed by atoms with Gasteiger partial charge < -0.3 is 0 Å². The van der Waals surface area contributed by atoms with E-state index < -0.39 is 0 Å². The molecule has 2 aliphatic rings. The zero-order valence-corrected chi connectivity index (χ0v) is 11.3.